The van der Waals surface area contributed by atoms with Gasteiger partial charge in [0.05, 0.1) is 11.4 Å². The number of rotatable bonds is 6. The highest BCUT2D eigenvalue weighted by Crippen LogP contribution is 2.31. The average Bonchev–Trinajstić information content (AvgIpc) is 2.63. The number of unbranched alkanes of at least 4 members (excludes halogenated alkanes) is 1. The summed E-state index contributed by atoms with van der Waals surface area (Å²) in [6.45, 7) is 2.40. The molecule has 3 rings (SSSR count). The van der Waals surface area contributed by atoms with E-state index in [0.29, 0.717) is 11.4 Å². The third-order valence-corrected chi connectivity index (χ3v) is 5.84. The van der Waals surface area contributed by atoms with Crippen LogP contribution in [-0.2, 0) is 6.42 Å². The van der Waals surface area contributed by atoms with E-state index in [0.717, 1.165) is 17.4 Å². The van der Waals surface area contributed by atoms with Gasteiger partial charge >= 0.3 is 0 Å². The normalized spacial score (nSPS) is 20.5. The van der Waals surface area contributed by atoms with Gasteiger partial charge in [0, 0.05) is 0 Å². The molecular weight excluding hydrogens is 304 g/mol. The van der Waals surface area contributed by atoms with Gasteiger partial charge < -0.3 is 11.5 Å². The molecule has 1 saturated carbocycles. The fourth-order valence-electron chi connectivity index (χ4n) is 4.00. The second kappa shape index (κ2) is 8.42. The molecule has 0 saturated heterocycles. The minimum absolute atomic E-state index is 0.646. The molecule has 0 bridgehead atoms. The van der Waals surface area contributed by atoms with Crippen LogP contribution in [0, 0.1) is 11.8 Å². The van der Waals surface area contributed by atoms with Crippen molar-refractivity contribution in [3.63, 3.8) is 0 Å². The van der Waals surface area contributed by atoms with Crippen LogP contribution in [0.15, 0.2) is 42.5 Å². The number of nitrogens with two attached hydrogens (primary N) is 2. The Bertz CT molecular complexity index is 667. The molecular formula is C23H32N2. The van der Waals surface area contributed by atoms with Crippen LogP contribution in [0.25, 0.3) is 11.1 Å². The zero-order valence-corrected chi connectivity index (χ0v) is 15.5. The summed E-state index contributed by atoms with van der Waals surface area (Å²) in [4.78, 5) is 0. The Balaban J connectivity index is 1.45. The molecule has 2 heteroatoms. The molecule has 1 aliphatic carbocycles. The first-order chi connectivity index (χ1) is 12.1. The first-order valence-electron chi connectivity index (χ1n) is 9.86. The molecule has 2 nitrogen and oxygen atoms in total. The second-order valence-electron chi connectivity index (χ2n) is 7.91. The molecule has 0 heterocycles. The lowest BCUT2D eigenvalue weighted by molar-refractivity contribution is 0.272. The Morgan fingerprint density at radius 3 is 2.16 bits per heavy atom. The summed E-state index contributed by atoms with van der Waals surface area (Å²) in [5.74, 6) is 1.96. The Labute approximate surface area is 152 Å². The fourth-order valence-corrected chi connectivity index (χ4v) is 4.00. The van der Waals surface area contributed by atoms with Crippen molar-refractivity contribution in [2.24, 2.45) is 11.8 Å². The Morgan fingerprint density at radius 2 is 1.48 bits per heavy atom. The van der Waals surface area contributed by atoms with Gasteiger partial charge in [-0.25, -0.2) is 0 Å². The first-order valence-corrected chi connectivity index (χ1v) is 9.86. The van der Waals surface area contributed by atoms with Gasteiger partial charge in [-0.15, -0.1) is 0 Å². The lowest BCUT2D eigenvalue weighted by Gasteiger charge is -2.26. The van der Waals surface area contributed by atoms with Crippen LogP contribution in [0.3, 0.4) is 0 Å². The molecule has 4 N–H and O–H groups in total. The summed E-state index contributed by atoms with van der Waals surface area (Å²) in [6.07, 6.45) is 11.1. The van der Waals surface area contributed by atoms with Crippen LogP contribution < -0.4 is 11.5 Å². The third kappa shape index (κ3) is 5.01. The van der Waals surface area contributed by atoms with Gasteiger partial charge in [-0.2, -0.15) is 0 Å². The summed E-state index contributed by atoms with van der Waals surface area (Å²) < 4.78 is 0. The molecule has 2 aromatic carbocycles. The van der Waals surface area contributed by atoms with Gasteiger partial charge in [-0.05, 0) is 53.5 Å². The molecule has 0 amide bonds. The van der Waals surface area contributed by atoms with Gasteiger partial charge in [0.2, 0.25) is 0 Å². The van der Waals surface area contributed by atoms with Crippen molar-refractivity contribution >= 4 is 11.4 Å². The highest BCUT2D eigenvalue weighted by Gasteiger charge is 2.17. The number of aryl methyl sites for hydroxylation is 1. The molecule has 1 aliphatic rings. The molecule has 0 unspecified atom stereocenters. The summed E-state index contributed by atoms with van der Waals surface area (Å²) in [7, 11) is 0. The number of hydrogen-bond acceptors (Lipinski definition) is 2. The predicted molar refractivity (Wildman–Crippen MR) is 109 cm³/mol. The molecule has 2 aromatic rings. The van der Waals surface area contributed by atoms with Gasteiger partial charge in [0.1, 0.15) is 0 Å². The van der Waals surface area contributed by atoms with Gasteiger partial charge in [0.15, 0.2) is 0 Å². The van der Waals surface area contributed by atoms with Crippen LogP contribution in [0.1, 0.15) is 57.4 Å². The highest BCUT2D eigenvalue weighted by atomic mass is 14.7. The molecule has 0 spiro atoms. The van der Waals surface area contributed by atoms with Gasteiger partial charge in [-0.1, -0.05) is 75.8 Å². The molecule has 0 atom stereocenters. The predicted octanol–water partition coefficient (Wildman–Crippen LogP) is 6.06. The maximum Gasteiger partial charge on any atom is 0.0554 e. The maximum absolute atomic E-state index is 5.91. The Morgan fingerprint density at radius 1 is 0.800 bits per heavy atom. The quantitative estimate of drug-likeness (QED) is 0.498. The summed E-state index contributed by atoms with van der Waals surface area (Å²) in [5, 5.41) is 0. The number of hydrogen-bond donors (Lipinski definition) is 2. The molecule has 0 aromatic heterocycles. The van der Waals surface area contributed by atoms with Crippen LogP contribution in [0.5, 0.6) is 0 Å². The average molecular weight is 337 g/mol. The monoisotopic (exact) mass is 336 g/mol. The molecule has 1 fully saturated rings. The van der Waals surface area contributed by atoms with E-state index in [-0.39, 0.29) is 0 Å². The highest BCUT2D eigenvalue weighted by molar-refractivity contribution is 5.74. The molecule has 25 heavy (non-hydrogen) atoms. The van der Waals surface area contributed by atoms with Crippen molar-refractivity contribution in [3.8, 4) is 11.1 Å². The second-order valence-corrected chi connectivity index (χ2v) is 7.91. The van der Waals surface area contributed by atoms with Crippen LogP contribution in [0.4, 0.5) is 11.4 Å². The van der Waals surface area contributed by atoms with Crippen molar-refractivity contribution < 1.29 is 0 Å². The van der Waals surface area contributed by atoms with E-state index in [1.165, 1.54) is 62.5 Å². The van der Waals surface area contributed by atoms with Crippen molar-refractivity contribution in [3.05, 3.63) is 48.0 Å². The minimum Gasteiger partial charge on any atom is -0.397 e. The largest absolute Gasteiger partial charge is 0.397 e. The molecule has 134 valence electrons. The molecule has 0 radical (unpaired) electrons. The van der Waals surface area contributed by atoms with E-state index in [2.05, 4.69) is 31.2 Å². The zero-order chi connectivity index (χ0) is 17.6. The zero-order valence-electron chi connectivity index (χ0n) is 15.5. The van der Waals surface area contributed by atoms with Gasteiger partial charge in [-0.3, -0.25) is 0 Å². The van der Waals surface area contributed by atoms with Crippen LogP contribution in [0.2, 0.25) is 0 Å². The van der Waals surface area contributed by atoms with Gasteiger partial charge in [0.25, 0.3) is 0 Å². The number of nitrogen functional groups attached to an aromatic ring is 2. The molecule has 0 aliphatic heterocycles. The Hall–Kier alpha value is -1.96. The topological polar surface area (TPSA) is 52.0 Å². The smallest absolute Gasteiger partial charge is 0.0554 e. The number of anilines is 2. The maximum atomic E-state index is 5.91. The minimum atomic E-state index is 0.646. The SMILES string of the molecule is CC1CCC(CCCCc2ccc(-c3ccc(N)c(N)c3)cc2)CC1. The summed E-state index contributed by atoms with van der Waals surface area (Å²) in [5.41, 5.74) is 16.8. The van der Waals surface area contributed by atoms with E-state index in [1.807, 2.05) is 18.2 Å². The summed E-state index contributed by atoms with van der Waals surface area (Å²) in [6, 6.07) is 14.8. The van der Waals surface area contributed by atoms with Crippen molar-refractivity contribution in [1.82, 2.24) is 0 Å². The van der Waals surface area contributed by atoms with Crippen molar-refractivity contribution in [2.45, 2.75) is 58.3 Å². The van der Waals surface area contributed by atoms with Crippen molar-refractivity contribution in [1.29, 1.82) is 0 Å². The lowest BCUT2D eigenvalue weighted by Crippen LogP contribution is -2.12. The summed E-state index contributed by atoms with van der Waals surface area (Å²) >= 11 is 0. The van der Waals surface area contributed by atoms with E-state index in [4.69, 9.17) is 11.5 Å². The first kappa shape index (κ1) is 17.8. The van der Waals surface area contributed by atoms with E-state index < -0.39 is 0 Å². The van der Waals surface area contributed by atoms with E-state index in [9.17, 15) is 0 Å². The fraction of sp³-hybridized carbons (Fsp3) is 0.478. The number of benzene rings is 2. The lowest BCUT2D eigenvalue weighted by atomic mass is 9.80. The van der Waals surface area contributed by atoms with E-state index in [1.54, 1.807) is 0 Å². The van der Waals surface area contributed by atoms with Crippen LogP contribution in [-0.4, -0.2) is 0 Å². The Kier molecular flexibility index (Phi) is 6.01. The van der Waals surface area contributed by atoms with Crippen LogP contribution >= 0.6 is 0 Å². The third-order valence-electron chi connectivity index (χ3n) is 5.84. The van der Waals surface area contributed by atoms with E-state index >= 15 is 0 Å². The standard InChI is InChI=1S/C23H32N2/c1-17-6-8-18(9-7-17)4-2-3-5-19-10-12-20(13-11-19)21-14-15-22(24)23(25)16-21/h10-18H,2-9,24-25H2,1H3. The van der Waals surface area contributed by atoms with Crippen molar-refractivity contribution in [2.75, 3.05) is 11.5 Å².